The van der Waals surface area contributed by atoms with Gasteiger partial charge in [-0.1, -0.05) is 0 Å². The molecule has 0 amide bonds. The van der Waals surface area contributed by atoms with Crippen LogP contribution in [0.1, 0.15) is 29.5 Å². The lowest BCUT2D eigenvalue weighted by Gasteiger charge is -2.19. The topological polar surface area (TPSA) is 48.1 Å². The largest absolute Gasteiger partial charge is 0.381 e. The highest BCUT2D eigenvalue weighted by atomic mass is 32.1. The van der Waals surface area contributed by atoms with Crippen LogP contribution in [0.25, 0.3) is 0 Å². The Morgan fingerprint density at radius 2 is 2.31 bits per heavy atom. The lowest BCUT2D eigenvalue weighted by molar-refractivity contribution is 0.0852. The van der Waals surface area contributed by atoms with Gasteiger partial charge >= 0.3 is 0 Å². The van der Waals surface area contributed by atoms with Crippen LogP contribution in [0.2, 0.25) is 0 Å². The number of hydrogen-bond acceptors (Lipinski definition) is 4. The molecule has 1 aliphatic rings. The number of hydrogen-bond donors (Lipinski definition) is 1. The van der Waals surface area contributed by atoms with Gasteiger partial charge in [-0.05, 0) is 12.8 Å². The van der Waals surface area contributed by atoms with Crippen LogP contribution in [0.15, 0.2) is 5.38 Å². The minimum absolute atomic E-state index is 0.555. The molecule has 72 valence electrons. The zero-order valence-electron chi connectivity index (χ0n) is 7.53. The van der Waals surface area contributed by atoms with Gasteiger partial charge in [-0.15, -0.1) is 11.3 Å². The molecule has 0 unspecified atom stereocenters. The molecule has 2 N–H and O–H groups in total. The molecule has 13 heavy (non-hydrogen) atoms. The van der Waals surface area contributed by atoms with Crippen molar-refractivity contribution in [3.8, 4) is 0 Å². The van der Waals surface area contributed by atoms with Crippen molar-refractivity contribution in [3.63, 3.8) is 0 Å². The molecule has 1 aromatic heterocycles. The fourth-order valence-electron chi connectivity index (χ4n) is 1.55. The van der Waals surface area contributed by atoms with Crippen molar-refractivity contribution >= 4 is 11.3 Å². The monoisotopic (exact) mass is 198 g/mol. The van der Waals surface area contributed by atoms with E-state index in [2.05, 4.69) is 10.4 Å². The highest BCUT2D eigenvalue weighted by Gasteiger charge is 2.18. The first-order valence-electron chi connectivity index (χ1n) is 4.62. The molecule has 2 heterocycles. The van der Waals surface area contributed by atoms with Crippen LogP contribution in [-0.4, -0.2) is 18.2 Å². The molecule has 1 aliphatic heterocycles. The number of rotatable bonds is 2. The third-order valence-electron chi connectivity index (χ3n) is 2.35. The summed E-state index contributed by atoms with van der Waals surface area (Å²) < 4.78 is 5.31. The first-order valence-corrected chi connectivity index (χ1v) is 5.50. The lowest BCUT2D eigenvalue weighted by atomic mass is 10.0. The summed E-state index contributed by atoms with van der Waals surface area (Å²) >= 11 is 1.73. The van der Waals surface area contributed by atoms with Gasteiger partial charge in [-0.25, -0.2) is 4.98 Å². The first kappa shape index (κ1) is 9.12. The molecule has 0 atom stereocenters. The summed E-state index contributed by atoms with van der Waals surface area (Å²) in [5, 5.41) is 3.30. The second kappa shape index (κ2) is 4.17. The number of aromatic nitrogens is 1. The highest BCUT2D eigenvalue weighted by molar-refractivity contribution is 7.09. The second-order valence-electron chi connectivity index (χ2n) is 3.27. The number of thiazole rings is 1. The summed E-state index contributed by atoms with van der Waals surface area (Å²) in [6.45, 7) is 2.31. The van der Waals surface area contributed by atoms with E-state index in [1.165, 1.54) is 5.01 Å². The molecule has 0 bridgehead atoms. The van der Waals surface area contributed by atoms with Gasteiger partial charge in [-0.3, -0.25) is 0 Å². The maximum atomic E-state index is 5.51. The van der Waals surface area contributed by atoms with E-state index in [4.69, 9.17) is 10.5 Å². The summed E-state index contributed by atoms with van der Waals surface area (Å²) in [6, 6.07) is 0. The quantitative estimate of drug-likeness (QED) is 0.783. The van der Waals surface area contributed by atoms with Crippen molar-refractivity contribution in [3.05, 3.63) is 16.1 Å². The third kappa shape index (κ3) is 2.07. The normalized spacial score (nSPS) is 19.2. The Balaban J connectivity index is 2.05. The molecule has 0 spiro atoms. The van der Waals surface area contributed by atoms with E-state index in [1.54, 1.807) is 11.3 Å². The Labute approximate surface area is 81.9 Å². The van der Waals surface area contributed by atoms with E-state index in [0.29, 0.717) is 12.5 Å². The predicted molar refractivity (Wildman–Crippen MR) is 52.8 cm³/mol. The average Bonchev–Trinajstić information content (AvgIpc) is 2.67. The van der Waals surface area contributed by atoms with E-state index < -0.39 is 0 Å². The van der Waals surface area contributed by atoms with Gasteiger partial charge < -0.3 is 10.5 Å². The van der Waals surface area contributed by atoms with E-state index in [1.807, 2.05) is 0 Å². The fraction of sp³-hybridized carbons (Fsp3) is 0.667. The van der Waals surface area contributed by atoms with E-state index in [-0.39, 0.29) is 0 Å². The van der Waals surface area contributed by atoms with Crippen molar-refractivity contribution < 1.29 is 4.74 Å². The minimum Gasteiger partial charge on any atom is -0.381 e. The molecule has 2 rings (SSSR count). The Morgan fingerprint density at radius 1 is 1.54 bits per heavy atom. The minimum atomic E-state index is 0.555. The Morgan fingerprint density at radius 3 is 2.92 bits per heavy atom. The molecule has 4 heteroatoms. The number of nitrogens with two attached hydrogens (primary N) is 1. The molecule has 3 nitrogen and oxygen atoms in total. The van der Waals surface area contributed by atoms with E-state index in [0.717, 1.165) is 31.7 Å². The van der Waals surface area contributed by atoms with Gasteiger partial charge in [-0.2, -0.15) is 0 Å². The third-order valence-corrected chi connectivity index (χ3v) is 3.41. The molecule has 1 aromatic rings. The number of nitrogens with zero attached hydrogens (tertiary/aromatic N) is 1. The van der Waals surface area contributed by atoms with E-state index in [9.17, 15) is 0 Å². The van der Waals surface area contributed by atoms with Gasteiger partial charge in [0.1, 0.15) is 0 Å². The molecule has 1 saturated heterocycles. The summed E-state index contributed by atoms with van der Waals surface area (Å²) in [5.41, 5.74) is 6.53. The standard InChI is InChI=1S/C9H14N2OS/c10-5-8-6-13-9(11-8)7-1-3-12-4-2-7/h6-7H,1-5,10H2. The van der Waals surface area contributed by atoms with Crippen LogP contribution < -0.4 is 5.73 Å². The Hall–Kier alpha value is -0.450. The van der Waals surface area contributed by atoms with E-state index >= 15 is 0 Å². The zero-order chi connectivity index (χ0) is 9.10. The zero-order valence-corrected chi connectivity index (χ0v) is 8.35. The van der Waals surface area contributed by atoms with Crippen molar-refractivity contribution in [2.75, 3.05) is 13.2 Å². The summed E-state index contributed by atoms with van der Waals surface area (Å²) in [5.74, 6) is 0.610. The summed E-state index contributed by atoms with van der Waals surface area (Å²) in [4.78, 5) is 4.49. The fourth-order valence-corrected chi connectivity index (χ4v) is 2.55. The number of ether oxygens (including phenoxy) is 1. The van der Waals surface area contributed by atoms with Gasteiger partial charge in [0.05, 0.1) is 10.7 Å². The smallest absolute Gasteiger partial charge is 0.0961 e. The predicted octanol–water partition coefficient (Wildman–Crippen LogP) is 1.50. The second-order valence-corrected chi connectivity index (χ2v) is 4.16. The summed E-state index contributed by atoms with van der Waals surface area (Å²) in [7, 11) is 0. The van der Waals surface area contributed by atoms with Crippen LogP contribution in [0.5, 0.6) is 0 Å². The van der Waals surface area contributed by atoms with Gasteiger partial charge in [0.15, 0.2) is 0 Å². The van der Waals surface area contributed by atoms with Crippen LogP contribution >= 0.6 is 11.3 Å². The first-order chi connectivity index (χ1) is 6.40. The Bertz CT molecular complexity index is 268. The molecule has 0 radical (unpaired) electrons. The molecular formula is C9H14N2OS. The molecule has 0 saturated carbocycles. The van der Waals surface area contributed by atoms with Crippen LogP contribution in [0.4, 0.5) is 0 Å². The summed E-state index contributed by atoms with van der Waals surface area (Å²) in [6.07, 6.45) is 2.22. The lowest BCUT2D eigenvalue weighted by Crippen LogP contribution is -2.14. The van der Waals surface area contributed by atoms with Crippen molar-refractivity contribution in [2.24, 2.45) is 5.73 Å². The van der Waals surface area contributed by atoms with Crippen molar-refractivity contribution in [1.82, 2.24) is 4.98 Å². The maximum absolute atomic E-state index is 5.51. The van der Waals surface area contributed by atoms with Gasteiger partial charge in [0.2, 0.25) is 0 Å². The van der Waals surface area contributed by atoms with Gasteiger partial charge in [0.25, 0.3) is 0 Å². The van der Waals surface area contributed by atoms with Crippen molar-refractivity contribution in [1.29, 1.82) is 0 Å². The molecule has 1 fully saturated rings. The SMILES string of the molecule is NCc1csc(C2CCOCC2)n1. The van der Waals surface area contributed by atoms with Crippen LogP contribution in [-0.2, 0) is 11.3 Å². The van der Waals surface area contributed by atoms with Crippen LogP contribution in [0, 0.1) is 0 Å². The molecule has 0 aliphatic carbocycles. The highest BCUT2D eigenvalue weighted by Crippen LogP contribution is 2.28. The van der Waals surface area contributed by atoms with Crippen LogP contribution in [0.3, 0.4) is 0 Å². The van der Waals surface area contributed by atoms with Crippen molar-refractivity contribution in [2.45, 2.75) is 25.3 Å². The Kier molecular flexibility index (Phi) is 2.93. The molecule has 0 aromatic carbocycles. The average molecular weight is 198 g/mol. The maximum Gasteiger partial charge on any atom is 0.0961 e. The molecular weight excluding hydrogens is 184 g/mol. The van der Waals surface area contributed by atoms with Gasteiger partial charge in [0, 0.05) is 31.1 Å².